The first-order chi connectivity index (χ1) is 9.14. The van der Waals surface area contributed by atoms with Gasteiger partial charge in [0.2, 0.25) is 0 Å². The maximum absolute atomic E-state index is 12.4. The van der Waals surface area contributed by atoms with Crippen LogP contribution in [0.25, 0.3) is 0 Å². The van der Waals surface area contributed by atoms with Crippen LogP contribution in [0.5, 0.6) is 0 Å². The van der Waals surface area contributed by atoms with Gasteiger partial charge in [-0.3, -0.25) is 9.59 Å². The summed E-state index contributed by atoms with van der Waals surface area (Å²) in [6.45, 7) is 2.05. The fourth-order valence-electron chi connectivity index (χ4n) is 4.35. The summed E-state index contributed by atoms with van der Waals surface area (Å²) in [6.07, 6.45) is 2.12. The summed E-state index contributed by atoms with van der Waals surface area (Å²) < 4.78 is 0. The van der Waals surface area contributed by atoms with E-state index in [-0.39, 0.29) is 17.6 Å². The van der Waals surface area contributed by atoms with Gasteiger partial charge in [0.05, 0.1) is 11.3 Å². The first-order valence-corrected chi connectivity index (χ1v) is 6.95. The summed E-state index contributed by atoms with van der Waals surface area (Å²) >= 11 is 0. The largest absolute Gasteiger partial charge is 0.481 e. The molecule has 1 aromatic carbocycles. The number of fused-ring (bicyclic) bond motifs is 1. The number of rotatable bonds is 4. The Kier molecular flexibility index (Phi) is 2.73. The van der Waals surface area contributed by atoms with Crippen molar-refractivity contribution in [3.63, 3.8) is 0 Å². The molecule has 2 saturated carbocycles. The Labute approximate surface area is 112 Å². The van der Waals surface area contributed by atoms with Crippen LogP contribution in [0.1, 0.15) is 37.7 Å². The van der Waals surface area contributed by atoms with Gasteiger partial charge in [-0.2, -0.15) is 0 Å². The molecule has 2 aliphatic carbocycles. The van der Waals surface area contributed by atoms with Crippen molar-refractivity contribution < 1.29 is 14.7 Å². The third-order valence-corrected chi connectivity index (χ3v) is 5.04. The Bertz CT molecular complexity index is 522. The average molecular weight is 258 g/mol. The minimum absolute atomic E-state index is 0.0507. The lowest BCUT2D eigenvalue weighted by Gasteiger charge is -2.24. The number of carboxylic acid groups (broad SMARTS) is 1. The number of Topliss-reactive ketones (excluding diaryl/α,β-unsaturated/α-hetero) is 1. The maximum atomic E-state index is 12.4. The molecule has 1 N–H and O–H groups in total. The first-order valence-electron chi connectivity index (χ1n) is 6.95. The normalized spacial score (nSPS) is 33.8. The van der Waals surface area contributed by atoms with Crippen molar-refractivity contribution in [2.75, 3.05) is 0 Å². The van der Waals surface area contributed by atoms with Crippen LogP contribution in [0.15, 0.2) is 30.3 Å². The van der Waals surface area contributed by atoms with E-state index in [0.717, 1.165) is 18.4 Å². The minimum Gasteiger partial charge on any atom is -0.481 e. The fourth-order valence-corrected chi connectivity index (χ4v) is 4.35. The van der Waals surface area contributed by atoms with Crippen molar-refractivity contribution in [1.82, 2.24) is 0 Å². The van der Waals surface area contributed by atoms with Gasteiger partial charge < -0.3 is 5.11 Å². The second kappa shape index (κ2) is 4.19. The summed E-state index contributed by atoms with van der Waals surface area (Å²) in [5.74, 6) is -0.982. The quantitative estimate of drug-likeness (QED) is 0.903. The molecule has 0 bridgehead atoms. The van der Waals surface area contributed by atoms with Gasteiger partial charge in [0.1, 0.15) is 5.78 Å². The molecular weight excluding hydrogens is 240 g/mol. The van der Waals surface area contributed by atoms with E-state index in [0.29, 0.717) is 6.42 Å². The van der Waals surface area contributed by atoms with Gasteiger partial charge in [0.25, 0.3) is 0 Å². The highest BCUT2D eigenvalue weighted by Gasteiger charge is 2.77. The standard InChI is InChI=1S/C16H18O3/c1-2-11(10-6-4-3-5-7-10)16-12(8-9-13(16)17)14(16)15(18)19/h3-7,11-12,14H,2,8-9H2,1H3,(H,18,19)/t11?,12-,14-,16+/m1/s1. The van der Waals surface area contributed by atoms with Gasteiger partial charge in [-0.1, -0.05) is 37.3 Å². The SMILES string of the molecule is CCC(c1ccccc1)[C@@]12C(=O)CC[C@@H]1[C@@H]2C(=O)O. The first kappa shape index (κ1) is 12.4. The molecule has 0 aromatic heterocycles. The second-order valence-corrected chi connectivity index (χ2v) is 5.69. The maximum Gasteiger partial charge on any atom is 0.307 e. The Morgan fingerprint density at radius 2 is 2.11 bits per heavy atom. The molecule has 19 heavy (non-hydrogen) atoms. The molecule has 0 spiro atoms. The number of hydrogen-bond acceptors (Lipinski definition) is 2. The van der Waals surface area contributed by atoms with Crippen LogP contribution in [0.4, 0.5) is 0 Å². The molecule has 3 heteroatoms. The average Bonchev–Trinajstić information content (AvgIpc) is 2.98. The van der Waals surface area contributed by atoms with Crippen molar-refractivity contribution >= 4 is 11.8 Å². The number of carbonyl (C=O) groups is 2. The number of carboxylic acids is 1. The van der Waals surface area contributed by atoms with Gasteiger partial charge in [-0.05, 0) is 30.2 Å². The predicted octanol–water partition coefficient (Wildman–Crippen LogP) is 2.86. The monoisotopic (exact) mass is 258 g/mol. The molecule has 0 heterocycles. The van der Waals surface area contributed by atoms with E-state index in [1.165, 1.54) is 0 Å². The van der Waals surface area contributed by atoms with E-state index in [2.05, 4.69) is 0 Å². The number of hydrogen-bond donors (Lipinski definition) is 1. The summed E-state index contributed by atoms with van der Waals surface area (Å²) in [5, 5.41) is 9.38. The number of benzene rings is 1. The van der Waals surface area contributed by atoms with E-state index in [1.807, 2.05) is 37.3 Å². The van der Waals surface area contributed by atoms with Crippen LogP contribution in [0.2, 0.25) is 0 Å². The van der Waals surface area contributed by atoms with Gasteiger partial charge in [0.15, 0.2) is 0 Å². The molecule has 2 aliphatic rings. The highest BCUT2D eigenvalue weighted by molar-refractivity contribution is 5.99. The smallest absolute Gasteiger partial charge is 0.307 e. The zero-order chi connectivity index (χ0) is 13.6. The van der Waals surface area contributed by atoms with Crippen molar-refractivity contribution in [3.8, 4) is 0 Å². The summed E-state index contributed by atoms with van der Waals surface area (Å²) in [5.41, 5.74) is 0.496. The van der Waals surface area contributed by atoms with E-state index in [4.69, 9.17) is 0 Å². The minimum atomic E-state index is -0.799. The van der Waals surface area contributed by atoms with E-state index < -0.39 is 17.3 Å². The lowest BCUT2D eigenvalue weighted by Crippen LogP contribution is -2.26. The zero-order valence-corrected chi connectivity index (χ0v) is 11.0. The highest BCUT2D eigenvalue weighted by Crippen LogP contribution is 2.72. The van der Waals surface area contributed by atoms with E-state index in [1.54, 1.807) is 0 Å². The number of carbonyl (C=O) groups excluding carboxylic acids is 1. The highest BCUT2D eigenvalue weighted by atomic mass is 16.4. The molecule has 1 unspecified atom stereocenters. The molecule has 3 nitrogen and oxygen atoms in total. The predicted molar refractivity (Wildman–Crippen MR) is 70.8 cm³/mol. The van der Waals surface area contributed by atoms with Crippen LogP contribution in [-0.4, -0.2) is 16.9 Å². The molecule has 4 atom stereocenters. The Balaban J connectivity index is 2.03. The summed E-state index contributed by atoms with van der Waals surface area (Å²) in [6, 6.07) is 9.90. The Hall–Kier alpha value is -1.64. The Morgan fingerprint density at radius 1 is 1.42 bits per heavy atom. The topological polar surface area (TPSA) is 54.4 Å². The van der Waals surface area contributed by atoms with Crippen LogP contribution < -0.4 is 0 Å². The molecule has 0 radical (unpaired) electrons. The van der Waals surface area contributed by atoms with Crippen molar-refractivity contribution in [2.45, 2.75) is 32.1 Å². The van der Waals surface area contributed by atoms with E-state index >= 15 is 0 Å². The lowest BCUT2D eigenvalue weighted by atomic mass is 9.77. The van der Waals surface area contributed by atoms with Crippen LogP contribution >= 0.6 is 0 Å². The molecule has 0 aliphatic heterocycles. The molecule has 2 fully saturated rings. The molecule has 100 valence electrons. The molecule has 3 rings (SSSR count). The Morgan fingerprint density at radius 3 is 2.63 bits per heavy atom. The molecule has 0 amide bonds. The lowest BCUT2D eigenvalue weighted by molar-refractivity contribution is -0.142. The van der Waals surface area contributed by atoms with Crippen molar-refractivity contribution in [2.24, 2.45) is 17.3 Å². The third kappa shape index (κ3) is 1.50. The molecular formula is C16H18O3. The van der Waals surface area contributed by atoms with Crippen LogP contribution in [0, 0.1) is 17.3 Å². The van der Waals surface area contributed by atoms with Gasteiger partial charge >= 0.3 is 5.97 Å². The molecule has 0 saturated heterocycles. The fraction of sp³-hybridized carbons (Fsp3) is 0.500. The summed E-state index contributed by atoms with van der Waals surface area (Å²) in [7, 11) is 0. The van der Waals surface area contributed by atoms with Gasteiger partial charge in [-0.25, -0.2) is 0 Å². The van der Waals surface area contributed by atoms with E-state index in [9.17, 15) is 14.7 Å². The number of aliphatic carboxylic acids is 1. The second-order valence-electron chi connectivity index (χ2n) is 5.69. The van der Waals surface area contributed by atoms with Gasteiger partial charge in [0, 0.05) is 6.42 Å². The van der Waals surface area contributed by atoms with Crippen LogP contribution in [0.3, 0.4) is 0 Å². The van der Waals surface area contributed by atoms with Gasteiger partial charge in [-0.15, -0.1) is 0 Å². The zero-order valence-electron chi connectivity index (χ0n) is 11.0. The van der Waals surface area contributed by atoms with Crippen molar-refractivity contribution in [3.05, 3.63) is 35.9 Å². The third-order valence-electron chi connectivity index (χ3n) is 5.04. The summed E-state index contributed by atoms with van der Waals surface area (Å²) in [4.78, 5) is 23.8. The van der Waals surface area contributed by atoms with Crippen LogP contribution in [-0.2, 0) is 9.59 Å². The van der Waals surface area contributed by atoms with Crippen molar-refractivity contribution in [1.29, 1.82) is 0 Å². The molecule has 1 aromatic rings. The number of ketones is 1.